The molecule has 21 heavy (non-hydrogen) atoms. The van der Waals surface area contributed by atoms with Crippen LogP contribution < -0.4 is 4.90 Å². The van der Waals surface area contributed by atoms with Crippen LogP contribution in [0.2, 0.25) is 0 Å². The summed E-state index contributed by atoms with van der Waals surface area (Å²) in [6.45, 7) is 4.50. The van der Waals surface area contributed by atoms with Gasteiger partial charge in [-0.2, -0.15) is 0 Å². The van der Waals surface area contributed by atoms with E-state index in [4.69, 9.17) is 0 Å². The van der Waals surface area contributed by atoms with Crippen LogP contribution in [0.25, 0.3) is 0 Å². The van der Waals surface area contributed by atoms with Gasteiger partial charge in [0.25, 0.3) is 0 Å². The molecular formula is C17H19FN2O. The molecule has 0 bridgehead atoms. The Labute approximate surface area is 124 Å². The van der Waals surface area contributed by atoms with Crippen molar-refractivity contribution in [3.05, 3.63) is 59.9 Å². The van der Waals surface area contributed by atoms with Crippen molar-refractivity contribution in [2.45, 2.75) is 6.54 Å². The van der Waals surface area contributed by atoms with Crippen LogP contribution in [-0.2, 0) is 6.54 Å². The second-order valence-electron chi connectivity index (χ2n) is 5.38. The van der Waals surface area contributed by atoms with Crippen LogP contribution in [0, 0.1) is 5.82 Å². The molecule has 0 aromatic heterocycles. The summed E-state index contributed by atoms with van der Waals surface area (Å²) in [4.78, 5) is 4.50. The molecule has 1 heterocycles. The molecule has 2 aromatic carbocycles. The summed E-state index contributed by atoms with van der Waals surface area (Å²) in [5.74, 6) is -0.384. The van der Waals surface area contributed by atoms with E-state index in [0.29, 0.717) is 0 Å². The highest BCUT2D eigenvalue weighted by molar-refractivity contribution is 5.58. The first kappa shape index (κ1) is 13.9. The molecule has 0 spiro atoms. The van der Waals surface area contributed by atoms with Crippen molar-refractivity contribution in [1.82, 2.24) is 4.90 Å². The number of hydrogen-bond donors (Lipinski definition) is 1. The highest BCUT2D eigenvalue weighted by Crippen LogP contribution is 2.28. The zero-order chi connectivity index (χ0) is 14.7. The molecule has 0 atom stereocenters. The van der Waals surface area contributed by atoms with Crippen LogP contribution in [0.4, 0.5) is 10.1 Å². The van der Waals surface area contributed by atoms with Gasteiger partial charge >= 0.3 is 0 Å². The van der Waals surface area contributed by atoms with Gasteiger partial charge in [-0.25, -0.2) is 4.39 Å². The standard InChI is InChI=1S/C17H19FN2O/c18-15-6-7-16(17(21)12-15)20-10-8-19(9-11-20)13-14-4-2-1-3-5-14/h1-7,12,21H,8-11,13H2. The Morgan fingerprint density at radius 3 is 2.33 bits per heavy atom. The zero-order valence-electron chi connectivity index (χ0n) is 11.9. The van der Waals surface area contributed by atoms with E-state index in [2.05, 4.69) is 34.1 Å². The Bertz CT molecular complexity index is 595. The Balaban J connectivity index is 1.60. The number of benzene rings is 2. The van der Waals surface area contributed by atoms with Crippen LogP contribution >= 0.6 is 0 Å². The molecular weight excluding hydrogens is 267 g/mol. The Hall–Kier alpha value is -2.07. The van der Waals surface area contributed by atoms with Crippen molar-refractivity contribution < 1.29 is 9.50 Å². The van der Waals surface area contributed by atoms with Crippen LogP contribution in [0.15, 0.2) is 48.5 Å². The van der Waals surface area contributed by atoms with Gasteiger partial charge in [0.15, 0.2) is 0 Å². The molecule has 0 aliphatic carbocycles. The van der Waals surface area contributed by atoms with E-state index in [1.807, 2.05) is 6.07 Å². The lowest BCUT2D eigenvalue weighted by molar-refractivity contribution is 0.249. The van der Waals surface area contributed by atoms with Gasteiger partial charge in [0.2, 0.25) is 0 Å². The fraction of sp³-hybridized carbons (Fsp3) is 0.294. The molecule has 4 heteroatoms. The molecule has 0 unspecified atom stereocenters. The first-order valence-corrected chi connectivity index (χ1v) is 7.22. The second kappa shape index (κ2) is 6.14. The summed E-state index contributed by atoms with van der Waals surface area (Å²) in [7, 11) is 0. The summed E-state index contributed by atoms with van der Waals surface area (Å²) < 4.78 is 13.0. The first-order chi connectivity index (χ1) is 10.2. The maximum absolute atomic E-state index is 13.0. The third kappa shape index (κ3) is 3.34. The first-order valence-electron chi connectivity index (χ1n) is 7.22. The van der Waals surface area contributed by atoms with Gasteiger partial charge in [-0.05, 0) is 17.7 Å². The normalized spacial score (nSPS) is 16.1. The minimum atomic E-state index is -0.404. The van der Waals surface area contributed by atoms with Gasteiger partial charge in [0.05, 0.1) is 5.69 Å². The van der Waals surface area contributed by atoms with Gasteiger partial charge < -0.3 is 10.0 Å². The van der Waals surface area contributed by atoms with Gasteiger partial charge in [0.1, 0.15) is 11.6 Å². The lowest BCUT2D eigenvalue weighted by Crippen LogP contribution is -2.46. The average Bonchev–Trinajstić information content (AvgIpc) is 2.49. The lowest BCUT2D eigenvalue weighted by atomic mass is 10.2. The quantitative estimate of drug-likeness (QED) is 0.940. The van der Waals surface area contributed by atoms with Crippen molar-refractivity contribution >= 4 is 5.69 Å². The van der Waals surface area contributed by atoms with Crippen LogP contribution in [0.1, 0.15) is 5.56 Å². The molecule has 1 aliphatic heterocycles. The number of phenols is 1. The van der Waals surface area contributed by atoms with Crippen molar-refractivity contribution in [1.29, 1.82) is 0 Å². The molecule has 3 nitrogen and oxygen atoms in total. The number of aromatic hydroxyl groups is 1. The molecule has 0 radical (unpaired) electrons. The van der Waals surface area contributed by atoms with Crippen LogP contribution in [0.3, 0.4) is 0 Å². The summed E-state index contributed by atoms with van der Waals surface area (Å²) in [5, 5.41) is 9.85. The molecule has 3 rings (SSSR count). The second-order valence-corrected chi connectivity index (χ2v) is 5.38. The predicted molar refractivity (Wildman–Crippen MR) is 82.0 cm³/mol. The van der Waals surface area contributed by atoms with E-state index < -0.39 is 5.82 Å². The number of piperazine rings is 1. The summed E-state index contributed by atoms with van der Waals surface area (Å²) in [6, 6.07) is 14.6. The molecule has 110 valence electrons. The van der Waals surface area contributed by atoms with Gasteiger partial charge in [-0.1, -0.05) is 30.3 Å². The predicted octanol–water partition coefficient (Wildman–Crippen LogP) is 2.85. The largest absolute Gasteiger partial charge is 0.506 e. The van der Waals surface area contributed by atoms with E-state index in [0.717, 1.165) is 38.4 Å². The van der Waals surface area contributed by atoms with Crippen LogP contribution in [-0.4, -0.2) is 36.2 Å². The summed E-state index contributed by atoms with van der Waals surface area (Å²) in [5.41, 5.74) is 2.03. The Morgan fingerprint density at radius 1 is 0.952 bits per heavy atom. The molecule has 0 saturated carbocycles. The van der Waals surface area contributed by atoms with Gasteiger partial charge in [-0.3, -0.25) is 4.90 Å². The topological polar surface area (TPSA) is 26.7 Å². The van der Waals surface area contributed by atoms with Crippen molar-refractivity contribution in [3.8, 4) is 5.75 Å². The smallest absolute Gasteiger partial charge is 0.141 e. The number of hydrogen-bond acceptors (Lipinski definition) is 3. The number of anilines is 1. The van der Waals surface area contributed by atoms with Gasteiger partial charge in [-0.15, -0.1) is 0 Å². The van der Waals surface area contributed by atoms with Crippen molar-refractivity contribution in [2.75, 3.05) is 31.1 Å². The third-order valence-corrected chi connectivity index (χ3v) is 3.90. The summed E-state index contributed by atoms with van der Waals surface area (Å²) >= 11 is 0. The number of halogens is 1. The minimum absolute atomic E-state index is 0.0199. The van der Waals surface area contributed by atoms with Crippen molar-refractivity contribution in [2.24, 2.45) is 0 Å². The number of phenolic OH excluding ortho intramolecular Hbond substituents is 1. The van der Waals surface area contributed by atoms with E-state index in [1.54, 1.807) is 6.07 Å². The highest BCUT2D eigenvalue weighted by atomic mass is 19.1. The molecule has 1 fully saturated rings. The average molecular weight is 286 g/mol. The molecule has 2 aromatic rings. The van der Waals surface area contributed by atoms with E-state index in [9.17, 15) is 9.50 Å². The minimum Gasteiger partial charge on any atom is -0.506 e. The number of nitrogens with zero attached hydrogens (tertiary/aromatic N) is 2. The van der Waals surface area contributed by atoms with Crippen molar-refractivity contribution in [3.63, 3.8) is 0 Å². The monoisotopic (exact) mass is 286 g/mol. The molecule has 0 amide bonds. The Morgan fingerprint density at radius 2 is 1.67 bits per heavy atom. The SMILES string of the molecule is Oc1cc(F)ccc1N1CCN(Cc2ccccc2)CC1. The molecule has 1 N–H and O–H groups in total. The number of rotatable bonds is 3. The fourth-order valence-corrected chi connectivity index (χ4v) is 2.75. The maximum atomic E-state index is 13.0. The highest BCUT2D eigenvalue weighted by Gasteiger charge is 2.19. The molecule has 1 aliphatic rings. The fourth-order valence-electron chi connectivity index (χ4n) is 2.75. The summed E-state index contributed by atoms with van der Waals surface area (Å²) in [6.07, 6.45) is 0. The van der Waals surface area contributed by atoms with Crippen LogP contribution in [0.5, 0.6) is 5.75 Å². The third-order valence-electron chi connectivity index (χ3n) is 3.90. The molecule has 1 saturated heterocycles. The van der Waals surface area contributed by atoms with Gasteiger partial charge in [0, 0.05) is 38.8 Å². The zero-order valence-corrected chi connectivity index (χ0v) is 11.9. The maximum Gasteiger partial charge on any atom is 0.141 e. The van der Waals surface area contributed by atoms with E-state index in [1.165, 1.54) is 17.7 Å². The lowest BCUT2D eigenvalue weighted by Gasteiger charge is -2.36. The van der Waals surface area contributed by atoms with E-state index in [-0.39, 0.29) is 5.75 Å². The van der Waals surface area contributed by atoms with E-state index >= 15 is 0 Å². The Kier molecular flexibility index (Phi) is 4.06.